The van der Waals surface area contributed by atoms with E-state index in [0.29, 0.717) is 0 Å². The lowest BCUT2D eigenvalue weighted by Gasteiger charge is -2.04. The van der Waals surface area contributed by atoms with E-state index in [4.69, 9.17) is 23.2 Å². The van der Waals surface area contributed by atoms with Crippen LogP contribution >= 0.6 is 23.2 Å². The SMILES string of the molecule is CCCCc1ccc(Cl)c([N+](=O)[O-])c1Cl. The van der Waals surface area contributed by atoms with Crippen molar-refractivity contribution in [2.24, 2.45) is 0 Å². The maximum Gasteiger partial charge on any atom is 0.306 e. The van der Waals surface area contributed by atoms with Crippen LogP contribution in [0, 0.1) is 10.1 Å². The lowest BCUT2D eigenvalue weighted by atomic mass is 10.1. The van der Waals surface area contributed by atoms with Crippen molar-refractivity contribution in [2.45, 2.75) is 26.2 Å². The summed E-state index contributed by atoms with van der Waals surface area (Å²) in [5, 5.41) is 11.0. The summed E-state index contributed by atoms with van der Waals surface area (Å²) >= 11 is 11.6. The first-order valence-corrected chi connectivity index (χ1v) is 5.44. The molecule has 3 nitrogen and oxygen atoms in total. The first-order chi connectivity index (χ1) is 7.07. The normalized spacial score (nSPS) is 10.3. The molecule has 1 rings (SSSR count). The highest BCUT2D eigenvalue weighted by atomic mass is 35.5. The number of hydrogen-bond donors (Lipinski definition) is 0. The molecule has 0 bridgehead atoms. The maximum atomic E-state index is 10.7. The van der Waals surface area contributed by atoms with Crippen LogP contribution in [-0.2, 0) is 6.42 Å². The molecular formula is C10H11Cl2NO2. The van der Waals surface area contributed by atoms with Crippen molar-refractivity contribution < 1.29 is 4.92 Å². The van der Waals surface area contributed by atoms with Crippen LogP contribution in [0.25, 0.3) is 0 Å². The fourth-order valence-corrected chi connectivity index (χ4v) is 1.91. The van der Waals surface area contributed by atoms with E-state index in [1.807, 2.05) is 0 Å². The van der Waals surface area contributed by atoms with Crippen LogP contribution in [0.2, 0.25) is 10.0 Å². The standard InChI is InChI=1S/C10H11Cl2NO2/c1-2-3-4-7-5-6-8(11)10(9(7)12)13(14)15/h5-6H,2-4H2,1H3. The summed E-state index contributed by atoms with van der Waals surface area (Å²) in [4.78, 5) is 10.2. The number of nitro groups is 1. The van der Waals surface area contributed by atoms with E-state index in [2.05, 4.69) is 6.92 Å². The van der Waals surface area contributed by atoms with Crippen LogP contribution < -0.4 is 0 Å². The zero-order chi connectivity index (χ0) is 11.4. The van der Waals surface area contributed by atoms with Gasteiger partial charge in [0.2, 0.25) is 0 Å². The van der Waals surface area contributed by atoms with Gasteiger partial charge in [-0.15, -0.1) is 0 Å². The molecular weight excluding hydrogens is 237 g/mol. The molecule has 0 N–H and O–H groups in total. The lowest BCUT2D eigenvalue weighted by molar-refractivity contribution is -0.384. The molecule has 0 fully saturated rings. The maximum absolute atomic E-state index is 10.7. The summed E-state index contributed by atoms with van der Waals surface area (Å²) in [6.45, 7) is 2.05. The van der Waals surface area contributed by atoms with Crippen LogP contribution in [0.5, 0.6) is 0 Å². The molecule has 0 unspecified atom stereocenters. The zero-order valence-corrected chi connectivity index (χ0v) is 9.81. The summed E-state index contributed by atoms with van der Waals surface area (Å²) in [7, 11) is 0. The quantitative estimate of drug-likeness (QED) is 0.590. The van der Waals surface area contributed by atoms with Gasteiger partial charge in [-0.1, -0.05) is 42.6 Å². The highest BCUT2D eigenvalue weighted by Crippen LogP contribution is 2.35. The molecule has 0 spiro atoms. The van der Waals surface area contributed by atoms with Gasteiger partial charge in [0.05, 0.1) is 4.92 Å². The fourth-order valence-electron chi connectivity index (χ4n) is 1.31. The highest BCUT2D eigenvalue weighted by molar-refractivity contribution is 6.38. The minimum absolute atomic E-state index is 0.0882. The first kappa shape index (κ1) is 12.3. The van der Waals surface area contributed by atoms with Gasteiger partial charge in [-0.3, -0.25) is 10.1 Å². The third-order valence-electron chi connectivity index (χ3n) is 2.13. The minimum Gasteiger partial charge on any atom is -0.258 e. The average molecular weight is 248 g/mol. The Labute approximate surface area is 98.2 Å². The molecule has 0 saturated carbocycles. The Morgan fingerprint density at radius 1 is 1.40 bits per heavy atom. The first-order valence-electron chi connectivity index (χ1n) is 4.69. The van der Waals surface area contributed by atoms with Gasteiger partial charge in [0.15, 0.2) is 0 Å². The van der Waals surface area contributed by atoms with E-state index >= 15 is 0 Å². The van der Waals surface area contributed by atoms with Crippen molar-refractivity contribution in [3.8, 4) is 0 Å². The highest BCUT2D eigenvalue weighted by Gasteiger charge is 2.20. The number of unbranched alkanes of at least 4 members (excludes halogenated alkanes) is 1. The number of benzene rings is 1. The Hall–Kier alpha value is -0.800. The average Bonchev–Trinajstić information content (AvgIpc) is 2.16. The largest absolute Gasteiger partial charge is 0.306 e. The number of nitrogens with zero attached hydrogens (tertiary/aromatic N) is 1. The molecule has 1 aromatic carbocycles. The molecule has 0 radical (unpaired) electrons. The summed E-state index contributed by atoms with van der Waals surface area (Å²) in [5.41, 5.74) is 0.599. The van der Waals surface area contributed by atoms with E-state index in [1.54, 1.807) is 6.07 Å². The van der Waals surface area contributed by atoms with Crippen LogP contribution in [0.3, 0.4) is 0 Å². The van der Waals surface area contributed by atoms with E-state index in [9.17, 15) is 10.1 Å². The van der Waals surface area contributed by atoms with Crippen molar-refractivity contribution >= 4 is 28.9 Å². The zero-order valence-electron chi connectivity index (χ0n) is 8.30. The van der Waals surface area contributed by atoms with E-state index in [0.717, 1.165) is 24.8 Å². The Morgan fingerprint density at radius 3 is 2.60 bits per heavy atom. The molecule has 0 aliphatic carbocycles. The van der Waals surface area contributed by atoms with Gasteiger partial charge in [-0.2, -0.15) is 0 Å². The van der Waals surface area contributed by atoms with Crippen LogP contribution in [0.4, 0.5) is 5.69 Å². The fraction of sp³-hybridized carbons (Fsp3) is 0.400. The molecule has 0 saturated heterocycles. The molecule has 0 aromatic heterocycles. The molecule has 5 heteroatoms. The number of aryl methyl sites for hydroxylation is 1. The lowest BCUT2D eigenvalue weighted by Crippen LogP contribution is -1.95. The molecule has 15 heavy (non-hydrogen) atoms. The van der Waals surface area contributed by atoms with Crippen molar-refractivity contribution in [2.75, 3.05) is 0 Å². The van der Waals surface area contributed by atoms with Crippen LogP contribution in [0.15, 0.2) is 12.1 Å². The summed E-state index contributed by atoms with van der Waals surface area (Å²) in [6.07, 6.45) is 2.72. The van der Waals surface area contributed by atoms with Gasteiger partial charge in [0.1, 0.15) is 10.0 Å². The molecule has 0 aliphatic rings. The van der Waals surface area contributed by atoms with E-state index in [-0.39, 0.29) is 15.7 Å². The third kappa shape index (κ3) is 2.83. The van der Waals surface area contributed by atoms with Crippen molar-refractivity contribution in [3.05, 3.63) is 37.9 Å². The topological polar surface area (TPSA) is 43.1 Å². The number of hydrogen-bond acceptors (Lipinski definition) is 2. The Morgan fingerprint density at radius 2 is 2.07 bits per heavy atom. The van der Waals surface area contributed by atoms with Gasteiger partial charge >= 0.3 is 5.69 Å². The summed E-state index contributed by atoms with van der Waals surface area (Å²) in [5.74, 6) is 0. The van der Waals surface area contributed by atoms with Gasteiger partial charge < -0.3 is 0 Å². The molecule has 0 heterocycles. The Balaban J connectivity index is 3.11. The smallest absolute Gasteiger partial charge is 0.258 e. The van der Waals surface area contributed by atoms with Crippen molar-refractivity contribution in [3.63, 3.8) is 0 Å². The van der Waals surface area contributed by atoms with Gasteiger partial charge in [0, 0.05) is 0 Å². The van der Waals surface area contributed by atoms with Crippen molar-refractivity contribution in [1.82, 2.24) is 0 Å². The summed E-state index contributed by atoms with van der Waals surface area (Å²) < 4.78 is 0. The number of nitro benzene ring substituents is 1. The molecule has 0 aliphatic heterocycles. The molecule has 82 valence electrons. The van der Waals surface area contributed by atoms with E-state index in [1.165, 1.54) is 6.07 Å². The second-order valence-electron chi connectivity index (χ2n) is 3.23. The van der Waals surface area contributed by atoms with Gasteiger partial charge in [0.25, 0.3) is 0 Å². The predicted octanol–water partition coefficient (Wildman–Crippen LogP) is 4.24. The number of halogens is 2. The van der Waals surface area contributed by atoms with Crippen LogP contribution in [0.1, 0.15) is 25.3 Å². The summed E-state index contributed by atoms with van der Waals surface area (Å²) in [6, 6.07) is 3.27. The molecule has 0 atom stereocenters. The second kappa shape index (κ2) is 5.33. The van der Waals surface area contributed by atoms with E-state index < -0.39 is 4.92 Å². The minimum atomic E-state index is -0.542. The number of rotatable bonds is 4. The molecule has 0 amide bonds. The Kier molecular flexibility index (Phi) is 4.36. The second-order valence-corrected chi connectivity index (χ2v) is 4.01. The third-order valence-corrected chi connectivity index (χ3v) is 2.86. The van der Waals surface area contributed by atoms with Gasteiger partial charge in [-0.05, 0) is 24.5 Å². The van der Waals surface area contributed by atoms with Crippen LogP contribution in [-0.4, -0.2) is 4.92 Å². The predicted molar refractivity (Wildman–Crippen MR) is 61.7 cm³/mol. The van der Waals surface area contributed by atoms with Gasteiger partial charge in [-0.25, -0.2) is 0 Å². The van der Waals surface area contributed by atoms with Crippen molar-refractivity contribution in [1.29, 1.82) is 0 Å². The monoisotopic (exact) mass is 247 g/mol. The molecule has 1 aromatic rings. The Bertz CT molecular complexity index is 380.